The van der Waals surface area contributed by atoms with Gasteiger partial charge < -0.3 is 14.3 Å². The van der Waals surface area contributed by atoms with Crippen LogP contribution in [0.1, 0.15) is 19.8 Å². The molecule has 136 valence electrons. The Morgan fingerprint density at radius 2 is 1.69 bits per heavy atom. The van der Waals surface area contributed by atoms with Gasteiger partial charge in [0.1, 0.15) is 11.5 Å². The quantitative estimate of drug-likeness (QED) is 0.450. The van der Waals surface area contributed by atoms with E-state index in [0.29, 0.717) is 6.16 Å². The topological polar surface area (TPSA) is 47.6 Å². The van der Waals surface area contributed by atoms with Crippen LogP contribution < -0.4 is 9.82 Å². The molecule has 0 radical (unpaired) electrons. The molecule has 0 aliphatic carbocycles. The maximum absolute atomic E-state index is 12.7. The van der Waals surface area contributed by atoms with Crippen LogP contribution in [0.5, 0.6) is 11.5 Å². The average Bonchev–Trinajstić information content (AvgIpc) is 2.68. The molecule has 3 aromatic rings. The van der Waals surface area contributed by atoms with Gasteiger partial charge >= 0.3 is 0 Å². The van der Waals surface area contributed by atoms with Crippen molar-refractivity contribution >= 4 is 24.0 Å². The molecule has 0 amide bonds. The Hall–Kier alpha value is -2.29. The first-order valence-electron chi connectivity index (χ1n) is 8.82. The minimum Gasteiger partial charge on any atom is -0.457 e. The van der Waals surface area contributed by atoms with E-state index in [1.54, 1.807) is 0 Å². The van der Waals surface area contributed by atoms with Gasteiger partial charge in [0, 0.05) is 24.3 Å². The molecule has 5 heteroatoms. The van der Waals surface area contributed by atoms with Crippen LogP contribution in [-0.2, 0) is 9.09 Å². The molecule has 3 aromatic carbocycles. The van der Waals surface area contributed by atoms with Crippen molar-refractivity contribution < 1.29 is 13.8 Å². The van der Waals surface area contributed by atoms with Crippen LogP contribution in [0.4, 0.5) is 5.69 Å². The summed E-state index contributed by atoms with van der Waals surface area (Å²) in [6, 6.07) is 21.6. The first-order valence-corrected chi connectivity index (χ1v) is 10.6. The maximum Gasteiger partial charge on any atom is 0.293 e. The second-order valence-electron chi connectivity index (χ2n) is 6.15. The maximum atomic E-state index is 12.7. The molecule has 0 aromatic heterocycles. The third-order valence-corrected chi connectivity index (χ3v) is 6.33. The van der Waals surface area contributed by atoms with Crippen molar-refractivity contribution in [2.45, 2.75) is 19.8 Å². The monoisotopic (exact) mass is 369 g/mol. The minimum atomic E-state index is -2.84. The number of benzene rings is 3. The third kappa shape index (κ3) is 4.46. The van der Waals surface area contributed by atoms with E-state index >= 15 is 0 Å². The summed E-state index contributed by atoms with van der Waals surface area (Å²) in [5, 5.41) is 5.25. The largest absolute Gasteiger partial charge is 0.457 e. The number of nitrogens with one attached hydrogen (secondary N) is 1. The zero-order valence-electron chi connectivity index (χ0n) is 15.1. The Labute approximate surface area is 154 Å². The Balaban J connectivity index is 1.74. The highest BCUT2D eigenvalue weighted by atomic mass is 31.2. The summed E-state index contributed by atoms with van der Waals surface area (Å²) in [5.74, 6) is 1.54. The van der Waals surface area contributed by atoms with Gasteiger partial charge in [-0.2, -0.15) is 0 Å². The summed E-state index contributed by atoms with van der Waals surface area (Å²) in [6.07, 6.45) is 2.36. The Morgan fingerprint density at radius 3 is 2.42 bits per heavy atom. The second kappa shape index (κ2) is 8.39. The highest BCUT2D eigenvalue weighted by molar-refractivity contribution is 7.60. The smallest absolute Gasteiger partial charge is 0.293 e. The van der Waals surface area contributed by atoms with Gasteiger partial charge in [0.15, 0.2) is 0 Å². The fourth-order valence-electron chi connectivity index (χ4n) is 2.76. The van der Waals surface area contributed by atoms with E-state index in [1.807, 2.05) is 54.6 Å². The molecule has 0 aliphatic rings. The second-order valence-corrected chi connectivity index (χ2v) is 8.53. The number of unbranched alkanes of at least 4 members (excludes halogenated alkanes) is 1. The third-order valence-electron chi connectivity index (χ3n) is 4.23. The summed E-state index contributed by atoms with van der Waals surface area (Å²) in [7, 11) is -1.36. The molecule has 0 fully saturated rings. The highest BCUT2D eigenvalue weighted by Gasteiger charge is 2.20. The predicted octanol–water partition coefficient (Wildman–Crippen LogP) is 6.68. The highest BCUT2D eigenvalue weighted by Crippen LogP contribution is 2.46. The Bertz CT molecular complexity index is 903. The number of hydrogen-bond acceptors (Lipinski definition) is 3. The standard InChI is InChI=1S/C21H24NO3P/c1-3-4-16-26(23,24-2)22-18-12-14-19(15-13-18)25-21-11-7-9-17-8-5-6-10-20(17)21/h5-15H,3-4,16H2,1-2H3,(H,22,23). The summed E-state index contributed by atoms with van der Waals surface area (Å²) in [6.45, 7) is 2.07. The number of ether oxygens (including phenoxy) is 1. The van der Waals surface area contributed by atoms with Crippen LogP contribution >= 0.6 is 7.52 Å². The van der Waals surface area contributed by atoms with Crippen molar-refractivity contribution in [3.63, 3.8) is 0 Å². The van der Waals surface area contributed by atoms with Crippen molar-refractivity contribution in [1.82, 2.24) is 0 Å². The van der Waals surface area contributed by atoms with Gasteiger partial charge in [0.2, 0.25) is 0 Å². The van der Waals surface area contributed by atoms with E-state index in [2.05, 4.69) is 24.1 Å². The first kappa shape index (κ1) is 18.5. The molecule has 0 aliphatic heterocycles. The van der Waals surface area contributed by atoms with E-state index in [-0.39, 0.29) is 0 Å². The first-order chi connectivity index (χ1) is 12.6. The van der Waals surface area contributed by atoms with Gasteiger partial charge in [-0.15, -0.1) is 0 Å². The molecular formula is C21H24NO3P. The van der Waals surface area contributed by atoms with E-state index in [1.165, 1.54) is 7.11 Å². The zero-order chi connectivity index (χ0) is 18.4. The molecule has 1 N–H and O–H groups in total. The molecule has 26 heavy (non-hydrogen) atoms. The lowest BCUT2D eigenvalue weighted by molar-refractivity contribution is 0.397. The van der Waals surface area contributed by atoms with E-state index in [0.717, 1.165) is 40.8 Å². The van der Waals surface area contributed by atoms with Crippen molar-refractivity contribution in [1.29, 1.82) is 0 Å². The van der Waals surface area contributed by atoms with Crippen LogP contribution in [0, 0.1) is 0 Å². The van der Waals surface area contributed by atoms with Crippen LogP contribution in [0.3, 0.4) is 0 Å². The van der Waals surface area contributed by atoms with Crippen molar-refractivity contribution in [2.24, 2.45) is 0 Å². The van der Waals surface area contributed by atoms with E-state index in [9.17, 15) is 4.57 Å². The zero-order valence-corrected chi connectivity index (χ0v) is 16.0. The molecule has 0 saturated heterocycles. The van der Waals surface area contributed by atoms with Crippen LogP contribution in [0.2, 0.25) is 0 Å². The molecule has 4 nitrogen and oxygen atoms in total. The molecule has 1 unspecified atom stereocenters. The van der Waals surface area contributed by atoms with Crippen molar-refractivity contribution in [3.05, 3.63) is 66.7 Å². The van der Waals surface area contributed by atoms with Crippen LogP contribution in [-0.4, -0.2) is 13.3 Å². The van der Waals surface area contributed by atoms with Gasteiger partial charge in [0.25, 0.3) is 7.52 Å². The fourth-order valence-corrected chi connectivity index (χ4v) is 4.43. The summed E-state index contributed by atoms with van der Waals surface area (Å²) >= 11 is 0. The lowest BCUT2D eigenvalue weighted by atomic mass is 10.1. The van der Waals surface area contributed by atoms with Gasteiger partial charge in [-0.05, 0) is 42.1 Å². The molecule has 0 heterocycles. The SMILES string of the molecule is CCCCP(=O)(Nc1ccc(Oc2cccc3ccccc23)cc1)OC. The number of fused-ring (bicyclic) bond motifs is 1. The van der Waals surface area contributed by atoms with Crippen molar-refractivity contribution in [3.8, 4) is 11.5 Å². The van der Waals surface area contributed by atoms with Crippen LogP contribution in [0.25, 0.3) is 10.8 Å². The molecule has 1 atom stereocenters. The summed E-state index contributed by atoms with van der Waals surface area (Å²) < 4.78 is 23.9. The molecule has 0 saturated carbocycles. The summed E-state index contributed by atoms with van der Waals surface area (Å²) in [5.41, 5.74) is 0.761. The normalized spacial score (nSPS) is 13.3. The Morgan fingerprint density at radius 1 is 0.962 bits per heavy atom. The lowest BCUT2D eigenvalue weighted by Crippen LogP contribution is -2.03. The van der Waals surface area contributed by atoms with Gasteiger partial charge in [-0.1, -0.05) is 49.7 Å². The predicted molar refractivity (Wildman–Crippen MR) is 108 cm³/mol. The van der Waals surface area contributed by atoms with Gasteiger partial charge in [0.05, 0.1) is 0 Å². The average molecular weight is 369 g/mol. The van der Waals surface area contributed by atoms with Gasteiger partial charge in [-0.3, -0.25) is 4.57 Å². The molecule has 0 spiro atoms. The van der Waals surface area contributed by atoms with E-state index < -0.39 is 7.52 Å². The number of anilines is 1. The number of hydrogen-bond donors (Lipinski definition) is 1. The number of rotatable bonds is 8. The molecule has 3 rings (SSSR count). The molecule has 0 bridgehead atoms. The Kier molecular flexibility index (Phi) is 5.97. The lowest BCUT2D eigenvalue weighted by Gasteiger charge is -2.18. The van der Waals surface area contributed by atoms with Gasteiger partial charge in [-0.25, -0.2) is 0 Å². The molecular weight excluding hydrogens is 345 g/mol. The fraction of sp³-hybridized carbons (Fsp3) is 0.238. The minimum absolute atomic E-state index is 0.522. The van der Waals surface area contributed by atoms with Crippen molar-refractivity contribution in [2.75, 3.05) is 18.4 Å². The van der Waals surface area contributed by atoms with E-state index in [4.69, 9.17) is 9.26 Å². The van der Waals surface area contributed by atoms with Crippen LogP contribution in [0.15, 0.2) is 66.7 Å². The summed E-state index contributed by atoms with van der Waals surface area (Å²) in [4.78, 5) is 0.